The van der Waals surface area contributed by atoms with Gasteiger partial charge in [-0.15, -0.1) is 34.0 Å². The van der Waals surface area contributed by atoms with Crippen molar-refractivity contribution in [3.63, 3.8) is 0 Å². The first-order valence-corrected chi connectivity index (χ1v) is 50.2. The lowest BCUT2D eigenvalue weighted by molar-refractivity contribution is 0.669. The molecule has 0 amide bonds. The molecule has 0 unspecified atom stereocenters. The van der Waals surface area contributed by atoms with Gasteiger partial charge in [0.2, 0.25) is 0 Å². The van der Waals surface area contributed by atoms with E-state index in [1.54, 1.807) is 0 Å². The summed E-state index contributed by atoms with van der Waals surface area (Å²) in [6.45, 7) is 0. The SMILES string of the molecule is c1ccc(-c2cc(-c3ccc(-c4ccc5c(c4)sc4c6ccccc6n(-c6ccccc6)c54)cc3)c3oc4ccccc4c3c2)cc1.c1ccc(-c2cccc3c2oc2c(-c4ccc(-c5ccc6sc7c8ccccc8n(-c8ccccc8)c7c6c5)cc4)cccc23)cc1.c1ccc(-c2cccc3c2oc2cccc(-c4ccc(-c5ccc6c(c5)sc5c7ccccc7n(-c7ccccc7)c65)cc4)c23)cc1. The number of benzene rings is 21. The Bertz CT molecular complexity index is 10100. The van der Waals surface area contributed by atoms with Crippen LogP contribution in [0.1, 0.15) is 0 Å². The van der Waals surface area contributed by atoms with Crippen LogP contribution in [-0.2, 0) is 0 Å². The molecule has 0 bridgehead atoms. The van der Waals surface area contributed by atoms with Crippen LogP contribution in [0.25, 0.3) is 277 Å². The second-order valence-electron chi connectivity index (χ2n) is 36.3. The van der Waals surface area contributed by atoms with Gasteiger partial charge in [0.25, 0.3) is 0 Å². The van der Waals surface area contributed by atoms with Crippen molar-refractivity contribution in [3.05, 3.63) is 491 Å². The summed E-state index contributed by atoms with van der Waals surface area (Å²) in [6, 6.07) is 176. The molecule has 0 aliphatic heterocycles. The highest BCUT2D eigenvalue weighted by Gasteiger charge is 2.26. The zero-order chi connectivity index (χ0) is 92.7. The number of hydrogen-bond acceptors (Lipinski definition) is 6. The Morgan fingerprint density at radius 3 is 0.943 bits per heavy atom. The van der Waals surface area contributed by atoms with Gasteiger partial charge in [0.05, 0.1) is 47.2 Å². The number of thiophene rings is 3. The summed E-state index contributed by atoms with van der Waals surface area (Å²) in [7, 11) is 0. The molecular weight excluding hydrogens is 1770 g/mol. The molecule has 0 aliphatic carbocycles. The van der Waals surface area contributed by atoms with Gasteiger partial charge in [-0.2, -0.15) is 0 Å². The van der Waals surface area contributed by atoms with E-state index in [0.29, 0.717) is 0 Å². The summed E-state index contributed by atoms with van der Waals surface area (Å²) in [5, 5.41) is 14.6. The van der Waals surface area contributed by atoms with E-state index in [9.17, 15) is 0 Å². The molecule has 0 N–H and O–H groups in total. The molecule has 9 heteroatoms. The van der Waals surface area contributed by atoms with E-state index in [4.69, 9.17) is 13.3 Å². The molecule has 30 rings (SSSR count). The van der Waals surface area contributed by atoms with Crippen LogP contribution in [0.2, 0.25) is 0 Å². The molecule has 0 fully saturated rings. The van der Waals surface area contributed by atoms with Gasteiger partial charge in [0.1, 0.15) is 33.5 Å². The predicted molar refractivity (Wildman–Crippen MR) is 599 cm³/mol. The van der Waals surface area contributed by atoms with Crippen LogP contribution in [0, 0.1) is 0 Å². The largest absolute Gasteiger partial charge is 0.455 e. The third kappa shape index (κ3) is 13.7. The Morgan fingerprint density at radius 2 is 0.461 bits per heavy atom. The van der Waals surface area contributed by atoms with Gasteiger partial charge >= 0.3 is 0 Å². The molecule has 0 spiro atoms. The molecule has 141 heavy (non-hydrogen) atoms. The molecule has 21 aromatic carbocycles. The Morgan fingerprint density at radius 1 is 0.156 bits per heavy atom. The summed E-state index contributed by atoms with van der Waals surface area (Å²) < 4.78 is 34.9. The molecule has 0 radical (unpaired) electrons. The highest BCUT2D eigenvalue weighted by Crippen LogP contribution is 2.51. The summed E-state index contributed by atoms with van der Waals surface area (Å²) in [6.07, 6.45) is 0. The zero-order valence-corrected chi connectivity index (χ0v) is 78.5. The minimum absolute atomic E-state index is 0.910. The number of fused-ring (bicyclic) bond motifs is 24. The Balaban J connectivity index is 0.000000104. The first kappa shape index (κ1) is 81.6. The Kier molecular flexibility index (Phi) is 19.5. The van der Waals surface area contributed by atoms with Crippen LogP contribution in [0.5, 0.6) is 0 Å². The summed E-state index contributed by atoms with van der Waals surface area (Å²) in [5.41, 5.74) is 37.7. The van der Waals surface area contributed by atoms with Gasteiger partial charge in [-0.25, -0.2) is 0 Å². The van der Waals surface area contributed by atoms with Gasteiger partial charge in [-0.1, -0.05) is 388 Å². The lowest BCUT2D eigenvalue weighted by Gasteiger charge is -2.10. The Hall–Kier alpha value is -17.7. The summed E-state index contributed by atoms with van der Waals surface area (Å²) >= 11 is 5.65. The number of aromatic nitrogens is 3. The van der Waals surface area contributed by atoms with Gasteiger partial charge < -0.3 is 27.0 Å². The van der Waals surface area contributed by atoms with E-state index >= 15 is 0 Å². The van der Waals surface area contributed by atoms with E-state index in [2.05, 4.69) is 487 Å². The number of rotatable bonds is 12. The first-order chi connectivity index (χ1) is 69.9. The normalized spacial score (nSPS) is 11.8. The molecule has 0 saturated carbocycles. The maximum atomic E-state index is 6.69. The van der Waals surface area contributed by atoms with Gasteiger partial charge in [0, 0.05) is 118 Å². The third-order valence-corrected chi connectivity index (χ3v) is 31.8. The highest BCUT2D eigenvalue weighted by atomic mass is 32.1. The second-order valence-corrected chi connectivity index (χ2v) is 39.5. The standard InChI is InChI=1S/3C44H27NOS/c1-3-11-28(12-4-1)32-25-37(43-38(26-32)34-15-8-10-18-40(34)46-43)30-21-19-29(20-22-30)31-23-24-36-41(27-31)47-44-35-16-7-9-17-39(35)45(42(36)44)33-13-5-2-6-14-33;1-3-11-29(12-4-1)34-17-9-18-37-41-33(16-10-20-39(41)46-43(34)37)30-23-21-28(22-24-30)31-25-26-36-40(27-31)47-44-35-15-7-8-19-38(35)45(42(36)44)32-13-5-2-6-14-32;1-3-11-29(12-4-1)33-16-9-18-35-36-19-10-17-34(43(36)46-42(33)35)30-23-21-28(22-24-30)31-25-26-40-38(27-31)41-44(47-40)37-15-7-8-20-39(37)45(41)32-13-5-2-6-14-32/h3*1-27H. The molecule has 6 nitrogen and oxygen atoms in total. The maximum absolute atomic E-state index is 6.69. The van der Waals surface area contributed by atoms with Crippen molar-refractivity contribution in [2.75, 3.05) is 0 Å². The maximum Gasteiger partial charge on any atom is 0.143 e. The van der Waals surface area contributed by atoms with Gasteiger partial charge in [-0.3, -0.25) is 0 Å². The van der Waals surface area contributed by atoms with E-state index in [1.807, 2.05) is 52.2 Å². The van der Waals surface area contributed by atoms with E-state index in [1.165, 1.54) is 166 Å². The van der Waals surface area contributed by atoms with E-state index in [-0.39, 0.29) is 0 Å². The van der Waals surface area contributed by atoms with Crippen LogP contribution in [0.3, 0.4) is 0 Å². The number of furan rings is 3. The van der Waals surface area contributed by atoms with Crippen molar-refractivity contribution < 1.29 is 13.3 Å². The fourth-order valence-electron chi connectivity index (χ4n) is 21.7. The van der Waals surface area contributed by atoms with E-state index in [0.717, 1.165) is 110 Å². The quantitative estimate of drug-likeness (QED) is 0.122. The molecule has 0 atom stereocenters. The lowest BCUT2D eigenvalue weighted by atomic mass is 9.94. The van der Waals surface area contributed by atoms with Crippen LogP contribution in [0.4, 0.5) is 0 Å². The smallest absolute Gasteiger partial charge is 0.143 e. The minimum Gasteiger partial charge on any atom is -0.455 e. The zero-order valence-electron chi connectivity index (χ0n) is 76.1. The topological polar surface area (TPSA) is 54.2 Å². The monoisotopic (exact) mass is 1850 g/mol. The molecule has 660 valence electrons. The molecule has 0 saturated heterocycles. The van der Waals surface area contributed by atoms with Crippen molar-refractivity contribution >= 4 is 193 Å². The summed E-state index contributed by atoms with van der Waals surface area (Å²) in [5.74, 6) is 0. The van der Waals surface area contributed by atoms with Crippen LogP contribution >= 0.6 is 34.0 Å². The third-order valence-electron chi connectivity index (χ3n) is 28.3. The molecule has 9 heterocycles. The predicted octanol–water partition coefficient (Wildman–Crippen LogP) is 38.7. The average Bonchev–Trinajstić information content (AvgIpc) is 1.56. The lowest BCUT2D eigenvalue weighted by Crippen LogP contribution is -1.92. The van der Waals surface area contributed by atoms with Crippen molar-refractivity contribution in [1.82, 2.24) is 13.7 Å². The number of hydrogen-bond donors (Lipinski definition) is 0. The Labute approximate surface area is 822 Å². The van der Waals surface area contributed by atoms with Gasteiger partial charge in [0.15, 0.2) is 0 Å². The van der Waals surface area contributed by atoms with Crippen molar-refractivity contribution in [2.45, 2.75) is 0 Å². The van der Waals surface area contributed by atoms with Crippen LogP contribution in [-0.4, -0.2) is 13.7 Å². The van der Waals surface area contributed by atoms with Crippen LogP contribution < -0.4 is 0 Å². The highest BCUT2D eigenvalue weighted by molar-refractivity contribution is 7.27. The fraction of sp³-hybridized carbons (Fsp3) is 0. The number of nitrogens with zero attached hydrogens (tertiary/aromatic N) is 3. The number of para-hydroxylation sites is 10. The molecule has 30 aromatic rings. The van der Waals surface area contributed by atoms with Crippen molar-refractivity contribution in [2.24, 2.45) is 0 Å². The van der Waals surface area contributed by atoms with E-state index < -0.39 is 0 Å². The van der Waals surface area contributed by atoms with Crippen LogP contribution in [0.15, 0.2) is 505 Å². The molecular formula is C132H81N3O3S3. The second kappa shape index (κ2) is 33.6. The minimum atomic E-state index is 0.910. The fourth-order valence-corrected chi connectivity index (χ4v) is 25.4. The molecule has 9 aromatic heterocycles. The first-order valence-electron chi connectivity index (χ1n) is 47.8. The average molecular weight is 1850 g/mol. The van der Waals surface area contributed by atoms with Crippen molar-refractivity contribution in [3.8, 4) is 117 Å². The summed E-state index contributed by atoms with van der Waals surface area (Å²) in [4.78, 5) is 0. The molecule has 0 aliphatic rings. The van der Waals surface area contributed by atoms with Gasteiger partial charge in [-0.05, 0) is 181 Å². The van der Waals surface area contributed by atoms with Crippen molar-refractivity contribution in [1.29, 1.82) is 0 Å².